The first kappa shape index (κ1) is 16.7. The molecule has 0 aromatic carbocycles. The average Bonchev–Trinajstić information content (AvgIpc) is 3.20. The molecule has 0 radical (unpaired) electrons. The van der Waals surface area contributed by atoms with Gasteiger partial charge in [-0.25, -0.2) is 4.98 Å². The predicted molar refractivity (Wildman–Crippen MR) is 101 cm³/mol. The summed E-state index contributed by atoms with van der Waals surface area (Å²) >= 11 is 1.47. The Hall–Kier alpha value is -1.43. The molecule has 5 aliphatic rings. The van der Waals surface area contributed by atoms with Crippen molar-refractivity contribution in [3.8, 4) is 0 Å². The number of thiazole rings is 1. The van der Waals surface area contributed by atoms with Gasteiger partial charge in [-0.1, -0.05) is 0 Å². The first-order chi connectivity index (χ1) is 12.6. The number of hydrogen-bond donors (Lipinski definition) is 1. The largest absolute Gasteiger partial charge is 0.355 e. The molecule has 2 amide bonds. The van der Waals surface area contributed by atoms with Gasteiger partial charge in [0.15, 0.2) is 5.13 Å². The molecular weight excluding hydrogens is 346 g/mol. The summed E-state index contributed by atoms with van der Waals surface area (Å²) in [6, 6.07) is 0. The van der Waals surface area contributed by atoms with Crippen LogP contribution in [-0.2, 0) is 16.0 Å². The summed E-state index contributed by atoms with van der Waals surface area (Å²) in [5, 5.41) is 5.89. The van der Waals surface area contributed by atoms with E-state index in [1.54, 1.807) is 4.90 Å². The second kappa shape index (κ2) is 6.32. The van der Waals surface area contributed by atoms with Crippen molar-refractivity contribution < 1.29 is 9.59 Å². The molecule has 0 spiro atoms. The molecule has 2 heterocycles. The number of anilines is 1. The molecule has 4 bridgehead atoms. The Morgan fingerprint density at radius 1 is 1.23 bits per heavy atom. The van der Waals surface area contributed by atoms with Crippen LogP contribution in [0.15, 0.2) is 5.38 Å². The van der Waals surface area contributed by atoms with Gasteiger partial charge in [-0.05, 0) is 68.1 Å². The van der Waals surface area contributed by atoms with E-state index < -0.39 is 0 Å². The lowest BCUT2D eigenvalue weighted by Gasteiger charge is -2.56. The Morgan fingerprint density at radius 3 is 2.54 bits per heavy atom. The maximum absolute atomic E-state index is 12.5. The molecule has 1 aromatic rings. The van der Waals surface area contributed by atoms with E-state index in [1.807, 2.05) is 5.38 Å². The van der Waals surface area contributed by atoms with Crippen LogP contribution in [0.3, 0.4) is 0 Å². The van der Waals surface area contributed by atoms with Crippen LogP contribution in [0.5, 0.6) is 0 Å². The number of nitrogens with one attached hydrogen (secondary N) is 1. The van der Waals surface area contributed by atoms with Gasteiger partial charge in [0.25, 0.3) is 0 Å². The fraction of sp³-hybridized carbons (Fsp3) is 0.750. The van der Waals surface area contributed by atoms with Gasteiger partial charge in [-0.15, -0.1) is 11.3 Å². The molecule has 0 unspecified atom stereocenters. The second-order valence-electron chi connectivity index (χ2n) is 9.14. The van der Waals surface area contributed by atoms with Crippen LogP contribution < -0.4 is 10.2 Å². The van der Waals surface area contributed by atoms with E-state index in [0.29, 0.717) is 18.3 Å². The van der Waals surface area contributed by atoms with Gasteiger partial charge < -0.3 is 5.32 Å². The first-order valence-electron chi connectivity index (χ1n) is 10.1. The number of hydrogen-bond acceptors (Lipinski definition) is 4. The lowest BCUT2D eigenvalue weighted by atomic mass is 9.49. The summed E-state index contributed by atoms with van der Waals surface area (Å²) in [7, 11) is 0. The second-order valence-corrected chi connectivity index (χ2v) is 9.98. The summed E-state index contributed by atoms with van der Waals surface area (Å²) in [6.45, 7) is 1.60. The molecule has 6 rings (SSSR count). The molecular formula is C20H27N3O2S. The zero-order valence-electron chi connectivity index (χ0n) is 15.2. The molecule has 5 nitrogen and oxygen atoms in total. The molecule has 140 valence electrons. The smallest absolute Gasteiger partial charge is 0.228 e. The molecule has 1 N–H and O–H groups in total. The fourth-order valence-corrected chi connectivity index (χ4v) is 7.24. The predicted octanol–water partition coefficient (Wildman–Crippen LogP) is 3.15. The molecule has 0 atom stereocenters. The maximum Gasteiger partial charge on any atom is 0.228 e. The Kier molecular flexibility index (Phi) is 4.07. The van der Waals surface area contributed by atoms with E-state index in [1.165, 1.54) is 49.9 Å². The van der Waals surface area contributed by atoms with Gasteiger partial charge in [0.05, 0.1) is 12.1 Å². The minimum Gasteiger partial charge on any atom is -0.355 e. The van der Waals surface area contributed by atoms with E-state index in [2.05, 4.69) is 10.3 Å². The van der Waals surface area contributed by atoms with Crippen molar-refractivity contribution in [1.29, 1.82) is 0 Å². The minimum absolute atomic E-state index is 0.0744. The van der Waals surface area contributed by atoms with Crippen LogP contribution in [0.4, 0.5) is 5.13 Å². The van der Waals surface area contributed by atoms with Gasteiger partial charge in [0.2, 0.25) is 11.8 Å². The summed E-state index contributed by atoms with van der Waals surface area (Å²) in [5.41, 5.74) is 1.16. The van der Waals surface area contributed by atoms with Gasteiger partial charge >= 0.3 is 0 Å². The highest BCUT2D eigenvalue weighted by Gasteiger charge is 2.50. The van der Waals surface area contributed by atoms with Gasteiger partial charge in [-0.3, -0.25) is 14.5 Å². The molecule has 26 heavy (non-hydrogen) atoms. The SMILES string of the molecule is O=C(Cc1csc(N2CCCC2=O)n1)NCC12CC3CC(CC(C3)C1)C2. The Bertz CT molecular complexity index is 693. The fourth-order valence-electron chi connectivity index (χ4n) is 6.37. The van der Waals surface area contributed by atoms with Crippen LogP contribution in [0.1, 0.15) is 57.1 Å². The highest BCUT2D eigenvalue weighted by atomic mass is 32.1. The minimum atomic E-state index is 0.0744. The molecule has 1 aliphatic heterocycles. The third-order valence-corrected chi connectivity index (χ3v) is 7.92. The number of nitrogens with zero attached hydrogens (tertiary/aromatic N) is 2. The zero-order valence-corrected chi connectivity index (χ0v) is 16.0. The Labute approximate surface area is 158 Å². The third kappa shape index (κ3) is 3.06. The lowest BCUT2D eigenvalue weighted by molar-refractivity contribution is -0.122. The molecule has 5 fully saturated rings. The average molecular weight is 374 g/mol. The van der Waals surface area contributed by atoms with Gasteiger partial charge in [0.1, 0.15) is 0 Å². The first-order valence-corrected chi connectivity index (χ1v) is 11.0. The zero-order chi connectivity index (χ0) is 17.7. The number of carbonyl (C=O) groups is 2. The summed E-state index contributed by atoms with van der Waals surface area (Å²) in [5.74, 6) is 2.97. The lowest BCUT2D eigenvalue weighted by Crippen LogP contribution is -2.51. The van der Waals surface area contributed by atoms with Crippen molar-refractivity contribution in [2.45, 2.75) is 57.8 Å². The topological polar surface area (TPSA) is 62.3 Å². The monoisotopic (exact) mass is 373 g/mol. The van der Waals surface area contributed by atoms with E-state index >= 15 is 0 Å². The van der Waals surface area contributed by atoms with Crippen molar-refractivity contribution in [3.05, 3.63) is 11.1 Å². The molecule has 4 saturated carbocycles. The number of aromatic nitrogens is 1. The normalized spacial score (nSPS) is 35.3. The molecule has 6 heteroatoms. The number of rotatable bonds is 5. The maximum atomic E-state index is 12.5. The third-order valence-electron chi connectivity index (χ3n) is 7.01. The van der Waals surface area contributed by atoms with E-state index in [4.69, 9.17) is 0 Å². The van der Waals surface area contributed by atoms with Gasteiger partial charge in [-0.2, -0.15) is 0 Å². The van der Waals surface area contributed by atoms with Crippen LogP contribution in [-0.4, -0.2) is 29.9 Å². The standard InChI is InChI=1S/C20H27N3O2S/c24-17(7-16-11-26-19(22-16)23-3-1-2-18(23)25)21-12-20-8-13-4-14(9-20)6-15(5-13)10-20/h11,13-15H,1-10,12H2,(H,21,24). The summed E-state index contributed by atoms with van der Waals surface area (Å²) < 4.78 is 0. The van der Waals surface area contributed by atoms with Crippen molar-refractivity contribution in [2.75, 3.05) is 18.0 Å². The number of amides is 2. The Balaban J connectivity index is 1.17. The highest BCUT2D eigenvalue weighted by molar-refractivity contribution is 7.14. The van der Waals surface area contributed by atoms with Crippen LogP contribution in [0.2, 0.25) is 0 Å². The van der Waals surface area contributed by atoms with E-state index in [-0.39, 0.29) is 11.8 Å². The van der Waals surface area contributed by atoms with Crippen LogP contribution >= 0.6 is 11.3 Å². The highest BCUT2D eigenvalue weighted by Crippen LogP contribution is 2.59. The summed E-state index contributed by atoms with van der Waals surface area (Å²) in [4.78, 5) is 30.6. The van der Waals surface area contributed by atoms with Crippen molar-refractivity contribution in [1.82, 2.24) is 10.3 Å². The van der Waals surface area contributed by atoms with E-state index in [9.17, 15) is 9.59 Å². The van der Waals surface area contributed by atoms with Gasteiger partial charge in [0, 0.05) is 24.9 Å². The Morgan fingerprint density at radius 2 is 1.92 bits per heavy atom. The van der Waals surface area contributed by atoms with Crippen LogP contribution in [0, 0.1) is 23.2 Å². The van der Waals surface area contributed by atoms with Crippen molar-refractivity contribution in [3.63, 3.8) is 0 Å². The van der Waals surface area contributed by atoms with Crippen LogP contribution in [0.25, 0.3) is 0 Å². The van der Waals surface area contributed by atoms with Crippen molar-refractivity contribution >= 4 is 28.3 Å². The quantitative estimate of drug-likeness (QED) is 0.862. The molecule has 4 aliphatic carbocycles. The van der Waals surface area contributed by atoms with Crippen molar-refractivity contribution in [2.24, 2.45) is 23.2 Å². The molecule has 1 aromatic heterocycles. The summed E-state index contributed by atoms with van der Waals surface area (Å²) in [6.07, 6.45) is 10.1. The van der Waals surface area contributed by atoms with E-state index in [0.717, 1.165) is 48.1 Å². The molecule has 1 saturated heterocycles. The number of carbonyl (C=O) groups excluding carboxylic acids is 2.